The molecule has 0 bridgehead atoms. The lowest BCUT2D eigenvalue weighted by atomic mass is 9.96. The van der Waals surface area contributed by atoms with Gasteiger partial charge in [-0.05, 0) is 13.3 Å². The lowest BCUT2D eigenvalue weighted by molar-refractivity contribution is -0.144. The van der Waals surface area contributed by atoms with Gasteiger partial charge in [-0.3, -0.25) is 10.1 Å². The van der Waals surface area contributed by atoms with Gasteiger partial charge in [0.15, 0.2) is 0 Å². The SMILES string of the molecule is CCCC(C)(NCC1CNC(=O)O1)C(=O)O. The Morgan fingerprint density at radius 1 is 1.75 bits per heavy atom. The number of cyclic esters (lactones) is 1. The Hall–Kier alpha value is -1.30. The van der Waals surface area contributed by atoms with E-state index in [1.165, 1.54) is 0 Å². The van der Waals surface area contributed by atoms with Crippen molar-refractivity contribution in [2.45, 2.75) is 38.3 Å². The molecule has 1 aliphatic heterocycles. The molecule has 0 aromatic carbocycles. The number of rotatable bonds is 6. The fourth-order valence-corrected chi connectivity index (χ4v) is 1.66. The van der Waals surface area contributed by atoms with Crippen LogP contribution in [0.4, 0.5) is 4.79 Å². The molecule has 0 saturated carbocycles. The van der Waals surface area contributed by atoms with Gasteiger partial charge >= 0.3 is 12.1 Å². The summed E-state index contributed by atoms with van der Waals surface area (Å²) in [6.07, 6.45) is 0.580. The molecule has 6 nitrogen and oxygen atoms in total. The lowest BCUT2D eigenvalue weighted by Crippen LogP contribution is -2.52. The molecule has 0 aromatic rings. The first-order valence-corrected chi connectivity index (χ1v) is 5.41. The third kappa shape index (κ3) is 3.10. The van der Waals surface area contributed by atoms with Gasteiger partial charge in [0.1, 0.15) is 11.6 Å². The van der Waals surface area contributed by atoms with Gasteiger partial charge in [0, 0.05) is 6.54 Å². The van der Waals surface area contributed by atoms with Gasteiger partial charge in [-0.1, -0.05) is 13.3 Å². The van der Waals surface area contributed by atoms with Gasteiger partial charge in [-0.15, -0.1) is 0 Å². The van der Waals surface area contributed by atoms with Crippen molar-refractivity contribution in [2.75, 3.05) is 13.1 Å². The number of carboxylic acid groups (broad SMARTS) is 1. The molecule has 0 radical (unpaired) electrons. The van der Waals surface area contributed by atoms with E-state index in [-0.39, 0.29) is 6.10 Å². The number of ether oxygens (including phenoxy) is 1. The number of nitrogens with one attached hydrogen (secondary N) is 2. The van der Waals surface area contributed by atoms with E-state index in [0.717, 1.165) is 6.42 Å². The van der Waals surface area contributed by atoms with Crippen molar-refractivity contribution in [2.24, 2.45) is 0 Å². The summed E-state index contributed by atoms with van der Waals surface area (Å²) in [5.74, 6) is -0.883. The summed E-state index contributed by atoms with van der Waals surface area (Å²) >= 11 is 0. The van der Waals surface area contributed by atoms with Gasteiger partial charge in [0.25, 0.3) is 0 Å². The van der Waals surface area contributed by atoms with Crippen molar-refractivity contribution in [3.05, 3.63) is 0 Å². The Bertz CT molecular complexity index is 282. The molecule has 1 heterocycles. The van der Waals surface area contributed by atoms with Crippen LogP contribution < -0.4 is 10.6 Å². The molecule has 1 rings (SSSR count). The number of hydrogen-bond acceptors (Lipinski definition) is 4. The Morgan fingerprint density at radius 3 is 2.88 bits per heavy atom. The highest BCUT2D eigenvalue weighted by Gasteiger charge is 2.33. The maximum absolute atomic E-state index is 11.1. The molecule has 0 aromatic heterocycles. The standard InChI is InChI=1S/C10H18N2O4/c1-3-4-10(2,8(13)14)12-6-7-5-11-9(15)16-7/h7,12H,3-6H2,1-2H3,(H,11,15)(H,13,14). The van der Waals surface area contributed by atoms with Gasteiger partial charge in [-0.2, -0.15) is 0 Å². The summed E-state index contributed by atoms with van der Waals surface area (Å²) in [4.78, 5) is 21.9. The van der Waals surface area contributed by atoms with Crippen molar-refractivity contribution in [1.29, 1.82) is 0 Å². The Morgan fingerprint density at radius 2 is 2.44 bits per heavy atom. The summed E-state index contributed by atoms with van der Waals surface area (Å²) < 4.78 is 4.91. The van der Waals surface area contributed by atoms with Gasteiger partial charge in [-0.25, -0.2) is 4.79 Å². The van der Waals surface area contributed by atoms with Crippen LogP contribution >= 0.6 is 0 Å². The normalized spacial score (nSPS) is 23.4. The van der Waals surface area contributed by atoms with Crippen LogP contribution in [0.2, 0.25) is 0 Å². The van der Waals surface area contributed by atoms with E-state index < -0.39 is 17.6 Å². The van der Waals surface area contributed by atoms with Crippen molar-refractivity contribution < 1.29 is 19.4 Å². The molecule has 1 aliphatic rings. The van der Waals surface area contributed by atoms with E-state index in [0.29, 0.717) is 19.5 Å². The largest absolute Gasteiger partial charge is 0.480 e. The second-order valence-corrected chi connectivity index (χ2v) is 4.18. The van der Waals surface area contributed by atoms with E-state index in [9.17, 15) is 9.59 Å². The van der Waals surface area contributed by atoms with Crippen molar-refractivity contribution in [3.63, 3.8) is 0 Å². The molecule has 3 N–H and O–H groups in total. The number of carbonyl (C=O) groups excluding carboxylic acids is 1. The van der Waals surface area contributed by atoms with Crippen molar-refractivity contribution in [1.82, 2.24) is 10.6 Å². The van der Waals surface area contributed by atoms with Crippen LogP contribution in [0.1, 0.15) is 26.7 Å². The van der Waals surface area contributed by atoms with Gasteiger partial charge in [0.2, 0.25) is 0 Å². The molecule has 1 amide bonds. The van der Waals surface area contributed by atoms with E-state index in [4.69, 9.17) is 9.84 Å². The summed E-state index contributed by atoms with van der Waals surface area (Å²) in [6.45, 7) is 4.35. The molecule has 92 valence electrons. The summed E-state index contributed by atoms with van der Waals surface area (Å²) in [6, 6.07) is 0. The lowest BCUT2D eigenvalue weighted by Gasteiger charge is -2.26. The molecule has 2 atom stereocenters. The second kappa shape index (κ2) is 5.16. The fourth-order valence-electron chi connectivity index (χ4n) is 1.66. The van der Waals surface area contributed by atoms with Crippen molar-refractivity contribution in [3.8, 4) is 0 Å². The molecule has 2 unspecified atom stereocenters. The third-order valence-electron chi connectivity index (χ3n) is 2.69. The minimum atomic E-state index is -0.955. The quantitative estimate of drug-likeness (QED) is 0.612. The first kappa shape index (κ1) is 12.8. The van der Waals surface area contributed by atoms with Crippen LogP contribution in [-0.2, 0) is 9.53 Å². The molecule has 1 fully saturated rings. The van der Waals surface area contributed by atoms with Crippen molar-refractivity contribution >= 4 is 12.1 Å². The zero-order chi connectivity index (χ0) is 12.2. The molecule has 16 heavy (non-hydrogen) atoms. The predicted molar refractivity (Wildman–Crippen MR) is 57.2 cm³/mol. The number of carbonyl (C=O) groups is 2. The smallest absolute Gasteiger partial charge is 0.407 e. The highest BCUT2D eigenvalue weighted by molar-refractivity contribution is 5.78. The minimum absolute atomic E-state index is 0.289. The Balaban J connectivity index is 2.44. The minimum Gasteiger partial charge on any atom is -0.480 e. The molecule has 1 saturated heterocycles. The number of aliphatic carboxylic acids is 1. The zero-order valence-corrected chi connectivity index (χ0v) is 9.58. The third-order valence-corrected chi connectivity index (χ3v) is 2.69. The molecule has 6 heteroatoms. The van der Waals surface area contributed by atoms with Crippen LogP contribution in [0.15, 0.2) is 0 Å². The van der Waals surface area contributed by atoms with Crippen LogP contribution in [0.5, 0.6) is 0 Å². The van der Waals surface area contributed by atoms with E-state index >= 15 is 0 Å². The first-order chi connectivity index (χ1) is 7.48. The van der Waals surface area contributed by atoms with E-state index in [1.807, 2.05) is 6.92 Å². The number of amides is 1. The molecule has 0 aliphatic carbocycles. The highest BCUT2D eigenvalue weighted by Crippen LogP contribution is 2.13. The summed E-state index contributed by atoms with van der Waals surface area (Å²) in [7, 11) is 0. The maximum Gasteiger partial charge on any atom is 0.407 e. The number of alkyl carbamates (subject to hydrolysis) is 1. The monoisotopic (exact) mass is 230 g/mol. The topological polar surface area (TPSA) is 87.7 Å². The van der Waals surface area contributed by atoms with Crippen LogP contribution in [0, 0.1) is 0 Å². The molecular weight excluding hydrogens is 212 g/mol. The summed E-state index contributed by atoms with van der Waals surface area (Å²) in [5, 5.41) is 14.6. The van der Waals surface area contributed by atoms with Gasteiger partial charge in [0.05, 0.1) is 6.54 Å². The fraction of sp³-hybridized carbons (Fsp3) is 0.800. The van der Waals surface area contributed by atoms with Gasteiger partial charge < -0.3 is 15.2 Å². The maximum atomic E-state index is 11.1. The van der Waals surface area contributed by atoms with E-state index in [2.05, 4.69) is 10.6 Å². The predicted octanol–water partition coefficient (Wildman–Crippen LogP) is 0.328. The van der Waals surface area contributed by atoms with Crippen LogP contribution in [-0.4, -0.2) is 41.9 Å². The Labute approximate surface area is 94.3 Å². The number of carboxylic acids is 1. The molecular formula is C10H18N2O4. The van der Waals surface area contributed by atoms with Crippen LogP contribution in [0.3, 0.4) is 0 Å². The Kier molecular flexibility index (Phi) is 4.12. The average molecular weight is 230 g/mol. The second-order valence-electron chi connectivity index (χ2n) is 4.18. The average Bonchev–Trinajstić information content (AvgIpc) is 2.61. The molecule has 0 spiro atoms. The van der Waals surface area contributed by atoms with E-state index in [1.54, 1.807) is 6.92 Å². The highest BCUT2D eigenvalue weighted by atomic mass is 16.6. The number of hydrogen-bond donors (Lipinski definition) is 3. The summed E-state index contributed by atoms with van der Waals surface area (Å²) in [5.41, 5.74) is -0.955. The van der Waals surface area contributed by atoms with Crippen LogP contribution in [0.25, 0.3) is 0 Å². The first-order valence-electron chi connectivity index (χ1n) is 5.41. The zero-order valence-electron chi connectivity index (χ0n) is 9.58.